The van der Waals surface area contributed by atoms with Crippen LogP contribution in [0, 0.1) is 0 Å². The summed E-state index contributed by atoms with van der Waals surface area (Å²) in [7, 11) is -3.44. The molecule has 23 heavy (non-hydrogen) atoms. The van der Waals surface area contributed by atoms with Gasteiger partial charge in [-0.2, -0.15) is 0 Å². The molecule has 1 aromatic rings. The van der Waals surface area contributed by atoms with Crippen LogP contribution in [0.5, 0.6) is 0 Å². The molecule has 1 N–H and O–H groups in total. The van der Waals surface area contributed by atoms with E-state index in [1.165, 1.54) is 0 Å². The van der Waals surface area contributed by atoms with Gasteiger partial charge >= 0.3 is 0 Å². The zero-order chi connectivity index (χ0) is 16.7. The molecule has 128 valence electrons. The molecule has 0 aliphatic carbocycles. The van der Waals surface area contributed by atoms with Crippen molar-refractivity contribution in [2.24, 2.45) is 0 Å². The largest absolute Gasteiger partial charge is 0.339 e. The first-order chi connectivity index (χ1) is 11.0. The monoisotopic (exact) mass is 338 g/mol. The predicted octanol–water partition coefficient (Wildman–Crippen LogP) is 1.94. The maximum Gasteiger partial charge on any atom is 0.237 e. The first kappa shape index (κ1) is 17.9. The predicted molar refractivity (Wildman–Crippen MR) is 91.6 cm³/mol. The molecule has 1 fully saturated rings. The van der Waals surface area contributed by atoms with E-state index in [0.29, 0.717) is 6.42 Å². The number of likely N-dealkylation sites (tertiary alicyclic amines) is 1. The van der Waals surface area contributed by atoms with E-state index in [1.807, 2.05) is 35.2 Å². The highest BCUT2D eigenvalue weighted by Crippen LogP contribution is 2.19. The minimum atomic E-state index is -3.44. The summed E-state index contributed by atoms with van der Waals surface area (Å²) in [6.07, 6.45) is 4.54. The van der Waals surface area contributed by atoms with Crippen molar-refractivity contribution in [3.8, 4) is 0 Å². The van der Waals surface area contributed by atoms with Gasteiger partial charge in [0.1, 0.15) is 0 Å². The number of rotatable bonds is 7. The average molecular weight is 338 g/mol. The lowest BCUT2D eigenvalue weighted by atomic mass is 10.00. The lowest BCUT2D eigenvalue weighted by molar-refractivity contribution is -0.133. The number of hydrogen-bond donors (Lipinski definition) is 1. The highest BCUT2D eigenvalue weighted by atomic mass is 32.2. The van der Waals surface area contributed by atoms with E-state index < -0.39 is 10.0 Å². The molecule has 1 atom stereocenters. The fraction of sp³-hybridized carbons (Fsp3) is 0.588. The van der Waals surface area contributed by atoms with Crippen LogP contribution in [0.2, 0.25) is 0 Å². The quantitative estimate of drug-likeness (QED) is 0.826. The lowest BCUT2D eigenvalue weighted by Crippen LogP contribution is -2.48. The van der Waals surface area contributed by atoms with Crippen LogP contribution in [-0.2, 0) is 21.2 Å². The van der Waals surface area contributed by atoms with Crippen molar-refractivity contribution in [3.05, 3.63) is 35.9 Å². The van der Waals surface area contributed by atoms with Gasteiger partial charge in [0.25, 0.3) is 0 Å². The Hall–Kier alpha value is -1.40. The van der Waals surface area contributed by atoms with Gasteiger partial charge in [-0.05, 0) is 37.7 Å². The Balaban J connectivity index is 1.82. The van der Waals surface area contributed by atoms with Crippen molar-refractivity contribution in [2.45, 2.75) is 45.1 Å². The van der Waals surface area contributed by atoms with Crippen LogP contribution in [0.1, 0.15) is 38.2 Å². The first-order valence-corrected chi connectivity index (χ1v) is 9.98. The van der Waals surface area contributed by atoms with Gasteiger partial charge in [0.15, 0.2) is 0 Å². The number of amides is 1. The molecular formula is C17H26N2O3S. The third-order valence-electron chi connectivity index (χ3n) is 4.36. The van der Waals surface area contributed by atoms with Gasteiger partial charge in [-0.1, -0.05) is 37.3 Å². The number of nitrogens with one attached hydrogen (secondary N) is 1. The highest BCUT2D eigenvalue weighted by molar-refractivity contribution is 7.89. The Labute approximate surface area is 139 Å². The Morgan fingerprint density at radius 1 is 1.26 bits per heavy atom. The SMILES string of the molecule is CCC1CCCCN1C(=O)CNS(=O)(=O)CCc1ccccc1. The van der Waals surface area contributed by atoms with Gasteiger partial charge < -0.3 is 4.90 Å². The minimum absolute atomic E-state index is 0.00149. The van der Waals surface area contributed by atoms with Crippen LogP contribution >= 0.6 is 0 Å². The second-order valence-corrected chi connectivity index (χ2v) is 7.95. The summed E-state index contributed by atoms with van der Waals surface area (Å²) < 4.78 is 26.6. The van der Waals surface area contributed by atoms with E-state index in [4.69, 9.17) is 0 Å². The number of aryl methyl sites for hydroxylation is 1. The smallest absolute Gasteiger partial charge is 0.237 e. The molecule has 0 saturated carbocycles. The van der Waals surface area contributed by atoms with Crippen molar-refractivity contribution >= 4 is 15.9 Å². The van der Waals surface area contributed by atoms with E-state index in [-0.39, 0.29) is 24.2 Å². The summed E-state index contributed by atoms with van der Waals surface area (Å²) in [5, 5.41) is 0. The summed E-state index contributed by atoms with van der Waals surface area (Å²) >= 11 is 0. The molecule has 1 unspecified atom stereocenters. The molecule has 1 aromatic carbocycles. The Bertz CT molecular complexity index is 602. The van der Waals surface area contributed by atoms with E-state index in [1.54, 1.807) is 0 Å². The number of nitrogens with zero attached hydrogens (tertiary/aromatic N) is 1. The number of piperidine rings is 1. The second kappa shape index (κ2) is 8.45. The van der Waals surface area contributed by atoms with Gasteiger partial charge in [0.05, 0.1) is 12.3 Å². The minimum Gasteiger partial charge on any atom is -0.339 e. The molecule has 5 nitrogen and oxygen atoms in total. The molecule has 0 aromatic heterocycles. The summed E-state index contributed by atoms with van der Waals surface area (Å²) in [6.45, 7) is 2.68. The summed E-state index contributed by atoms with van der Waals surface area (Å²) in [5.41, 5.74) is 0.978. The lowest BCUT2D eigenvalue weighted by Gasteiger charge is -2.35. The number of sulfonamides is 1. The standard InChI is InChI=1S/C17H26N2O3S/c1-2-16-10-6-7-12-19(16)17(20)14-18-23(21,22)13-11-15-8-4-3-5-9-15/h3-5,8-9,16,18H,2,6-7,10-14H2,1H3. The molecule has 0 bridgehead atoms. The third-order valence-corrected chi connectivity index (χ3v) is 5.69. The summed E-state index contributed by atoms with van der Waals surface area (Å²) in [5.74, 6) is -0.110. The maximum absolute atomic E-state index is 12.3. The van der Waals surface area contributed by atoms with E-state index in [2.05, 4.69) is 11.6 Å². The molecular weight excluding hydrogens is 312 g/mol. The van der Waals surface area contributed by atoms with Crippen LogP contribution in [0.15, 0.2) is 30.3 Å². The van der Waals surface area contributed by atoms with Crippen molar-refractivity contribution < 1.29 is 13.2 Å². The Morgan fingerprint density at radius 3 is 2.70 bits per heavy atom. The van der Waals surface area contributed by atoms with Crippen molar-refractivity contribution in [1.29, 1.82) is 0 Å². The summed E-state index contributed by atoms with van der Waals surface area (Å²) in [4.78, 5) is 14.1. The Morgan fingerprint density at radius 2 is 2.00 bits per heavy atom. The van der Waals surface area contributed by atoms with E-state index in [0.717, 1.165) is 37.8 Å². The third kappa shape index (κ3) is 5.62. The van der Waals surface area contributed by atoms with Gasteiger partial charge in [0, 0.05) is 12.6 Å². The Kier molecular flexibility index (Phi) is 6.59. The second-order valence-electron chi connectivity index (χ2n) is 6.02. The van der Waals surface area contributed by atoms with Crippen molar-refractivity contribution in [3.63, 3.8) is 0 Å². The van der Waals surface area contributed by atoms with Gasteiger partial charge in [-0.3, -0.25) is 4.79 Å². The molecule has 1 amide bonds. The van der Waals surface area contributed by atoms with Crippen LogP contribution in [-0.4, -0.2) is 44.1 Å². The molecule has 1 aliphatic heterocycles. The van der Waals surface area contributed by atoms with Gasteiger partial charge in [-0.15, -0.1) is 0 Å². The first-order valence-electron chi connectivity index (χ1n) is 8.32. The van der Waals surface area contributed by atoms with E-state index >= 15 is 0 Å². The molecule has 2 rings (SSSR count). The van der Waals surface area contributed by atoms with Crippen molar-refractivity contribution in [2.75, 3.05) is 18.8 Å². The molecule has 6 heteroatoms. The zero-order valence-corrected chi connectivity index (χ0v) is 14.5. The van der Waals surface area contributed by atoms with Crippen molar-refractivity contribution in [1.82, 2.24) is 9.62 Å². The van der Waals surface area contributed by atoms with Crippen LogP contribution in [0.4, 0.5) is 0 Å². The zero-order valence-electron chi connectivity index (χ0n) is 13.7. The van der Waals surface area contributed by atoms with Crippen LogP contribution in [0.3, 0.4) is 0 Å². The fourth-order valence-electron chi connectivity index (χ4n) is 3.00. The molecule has 1 aliphatic rings. The number of benzene rings is 1. The number of carbonyl (C=O) groups excluding carboxylic acids is 1. The van der Waals surface area contributed by atoms with E-state index in [9.17, 15) is 13.2 Å². The average Bonchev–Trinajstić information content (AvgIpc) is 2.59. The van der Waals surface area contributed by atoms with Gasteiger partial charge in [-0.25, -0.2) is 13.1 Å². The molecule has 0 radical (unpaired) electrons. The van der Waals surface area contributed by atoms with Crippen LogP contribution < -0.4 is 4.72 Å². The molecule has 1 saturated heterocycles. The topological polar surface area (TPSA) is 66.5 Å². The molecule has 1 heterocycles. The van der Waals surface area contributed by atoms with Gasteiger partial charge in [0.2, 0.25) is 15.9 Å². The number of carbonyl (C=O) groups is 1. The maximum atomic E-state index is 12.3. The number of hydrogen-bond acceptors (Lipinski definition) is 3. The normalized spacial score (nSPS) is 18.8. The molecule has 0 spiro atoms. The summed E-state index contributed by atoms with van der Waals surface area (Å²) in [6, 6.07) is 9.74. The van der Waals surface area contributed by atoms with Crippen LogP contribution in [0.25, 0.3) is 0 Å². The fourth-order valence-corrected chi connectivity index (χ4v) is 3.99. The highest BCUT2D eigenvalue weighted by Gasteiger charge is 2.25.